The van der Waals surface area contributed by atoms with E-state index in [-0.39, 0.29) is 23.9 Å². The van der Waals surface area contributed by atoms with Crippen LogP contribution >= 0.6 is 22.9 Å². The van der Waals surface area contributed by atoms with Gasteiger partial charge in [-0.15, -0.1) is 21.5 Å². The first-order valence-electron chi connectivity index (χ1n) is 17.6. The largest absolute Gasteiger partial charge is 0.362 e. The third-order valence-corrected chi connectivity index (χ3v) is 11.1. The van der Waals surface area contributed by atoms with E-state index in [4.69, 9.17) is 16.6 Å². The molecule has 266 valence electrons. The second kappa shape index (κ2) is 15.3. The molecule has 0 saturated carbocycles. The third-order valence-electron chi connectivity index (χ3n) is 9.69. The average molecular weight is 725 g/mol. The number of benzene rings is 1. The van der Waals surface area contributed by atoms with E-state index >= 15 is 0 Å². The van der Waals surface area contributed by atoms with Crippen molar-refractivity contribution >= 4 is 40.1 Å². The van der Waals surface area contributed by atoms with E-state index < -0.39 is 6.04 Å². The number of thiophene rings is 1. The number of aromatic nitrogens is 5. The van der Waals surface area contributed by atoms with Crippen molar-refractivity contribution in [3.05, 3.63) is 121 Å². The van der Waals surface area contributed by atoms with Gasteiger partial charge in [-0.2, -0.15) is 5.10 Å². The third kappa shape index (κ3) is 7.27. The van der Waals surface area contributed by atoms with Gasteiger partial charge in [-0.1, -0.05) is 56.8 Å². The van der Waals surface area contributed by atoms with E-state index in [1.165, 1.54) is 4.88 Å². The Balaban J connectivity index is 1.18. The number of hydrogen-bond donors (Lipinski definition) is 2. The van der Waals surface area contributed by atoms with Crippen LogP contribution < -0.4 is 16.2 Å². The van der Waals surface area contributed by atoms with Crippen LogP contribution in [0.1, 0.15) is 109 Å². The van der Waals surface area contributed by atoms with Crippen molar-refractivity contribution in [2.75, 3.05) is 6.54 Å². The molecular weight excluding hydrogens is 680 g/mol. The molecule has 2 atom stereocenters. The topological polar surface area (TPSA) is 119 Å². The van der Waals surface area contributed by atoms with Gasteiger partial charge in [-0.25, -0.2) is 4.68 Å². The summed E-state index contributed by atoms with van der Waals surface area (Å²) < 4.78 is 3.61. The van der Waals surface area contributed by atoms with E-state index in [1.807, 2.05) is 44.3 Å². The summed E-state index contributed by atoms with van der Waals surface area (Å²) in [6, 6.07) is 6.91. The molecule has 2 unspecified atom stereocenters. The monoisotopic (exact) mass is 724 g/mol. The number of nitrogens with zero attached hydrogens (tertiary/aromatic N) is 6. The number of nitrogens with one attached hydrogen (secondary N) is 2. The van der Waals surface area contributed by atoms with Crippen LogP contribution in [-0.2, 0) is 11.2 Å². The summed E-state index contributed by atoms with van der Waals surface area (Å²) in [4.78, 5) is 33.6. The van der Waals surface area contributed by atoms with Crippen molar-refractivity contribution in [1.82, 2.24) is 35.2 Å². The first kappa shape index (κ1) is 36.2. The molecule has 6 rings (SSSR count). The van der Waals surface area contributed by atoms with Crippen LogP contribution in [-0.4, -0.2) is 42.7 Å². The number of fused-ring (bicyclic) bond motifs is 3. The zero-order valence-corrected chi connectivity index (χ0v) is 31.5. The first-order valence-corrected chi connectivity index (χ1v) is 18.8. The Morgan fingerprint density at radius 1 is 1.16 bits per heavy atom. The second-order valence-corrected chi connectivity index (χ2v) is 14.8. The fraction of sp³-hybridized carbons (Fsp3) is 0.385. The Bertz CT molecular complexity index is 2120. The van der Waals surface area contributed by atoms with E-state index in [1.54, 1.807) is 16.0 Å². The number of carbonyl (C=O) groups excluding carboxylic acids is 1. The van der Waals surface area contributed by atoms with Crippen molar-refractivity contribution in [1.29, 1.82) is 0 Å². The average Bonchev–Trinajstić information content (AvgIpc) is 3.58. The highest BCUT2D eigenvalue weighted by atomic mass is 35.5. The van der Waals surface area contributed by atoms with E-state index in [9.17, 15) is 9.59 Å². The van der Waals surface area contributed by atoms with Crippen LogP contribution in [0.3, 0.4) is 0 Å². The first-order chi connectivity index (χ1) is 24.5. The molecule has 12 heteroatoms. The van der Waals surface area contributed by atoms with E-state index in [2.05, 4.69) is 70.5 Å². The summed E-state index contributed by atoms with van der Waals surface area (Å²) in [7, 11) is 0. The number of amides is 1. The summed E-state index contributed by atoms with van der Waals surface area (Å²) in [6.45, 7) is 18.8. The minimum atomic E-state index is -0.537. The lowest BCUT2D eigenvalue weighted by Crippen LogP contribution is -2.36. The van der Waals surface area contributed by atoms with Crippen LogP contribution in [0.15, 0.2) is 70.9 Å². The lowest BCUT2D eigenvalue weighted by molar-refractivity contribution is -0.121. The van der Waals surface area contributed by atoms with Crippen molar-refractivity contribution in [3.63, 3.8) is 0 Å². The standard InChI is InChI=1S/C39H45ClN8O2S/c1-8-11-27(31-21-42-48(38(50)30(31)9-2)33-18-13-22(3)43-24(33)5)12-10-19-41-34(49)20-32-37-46-45-26(7)47(37)39-35(23(4)25(6)51-39)36(44-32)28-14-16-29(40)17-15-28/h11,14-17,21,32-33,43H,3,5,8-10,12-13,18-20H2,1-2,4,6-7H3,(H,41,49)/b27-11-. The normalized spacial score (nSPS) is 17.4. The lowest BCUT2D eigenvalue weighted by atomic mass is 9.96. The molecule has 2 aliphatic rings. The quantitative estimate of drug-likeness (QED) is 0.154. The molecule has 0 bridgehead atoms. The maximum atomic E-state index is 13.7. The molecule has 1 aromatic carbocycles. The van der Waals surface area contributed by atoms with Gasteiger partial charge in [0.1, 0.15) is 16.9 Å². The van der Waals surface area contributed by atoms with Crippen LogP contribution in [0.4, 0.5) is 0 Å². The zero-order valence-electron chi connectivity index (χ0n) is 30.0. The Morgan fingerprint density at radius 2 is 1.92 bits per heavy atom. The van der Waals surface area contributed by atoms with Gasteiger partial charge in [0.25, 0.3) is 5.56 Å². The molecule has 0 aliphatic carbocycles. The van der Waals surface area contributed by atoms with Crippen LogP contribution in [0.2, 0.25) is 5.02 Å². The molecule has 2 N–H and O–H groups in total. The van der Waals surface area contributed by atoms with Gasteiger partial charge in [-0.3, -0.25) is 19.1 Å². The number of carbonyl (C=O) groups is 1. The lowest BCUT2D eigenvalue weighted by Gasteiger charge is -2.28. The van der Waals surface area contributed by atoms with Crippen molar-refractivity contribution < 1.29 is 4.79 Å². The van der Waals surface area contributed by atoms with Gasteiger partial charge in [0.15, 0.2) is 5.82 Å². The van der Waals surface area contributed by atoms with Gasteiger partial charge in [0.2, 0.25) is 5.91 Å². The number of halogens is 1. The Kier molecular flexibility index (Phi) is 10.9. The molecule has 2 aliphatic heterocycles. The van der Waals surface area contributed by atoms with Crippen molar-refractivity contribution in [3.8, 4) is 5.00 Å². The molecule has 5 heterocycles. The van der Waals surface area contributed by atoms with Crippen molar-refractivity contribution in [2.45, 2.75) is 91.6 Å². The van der Waals surface area contributed by atoms with Crippen molar-refractivity contribution in [2.24, 2.45) is 4.99 Å². The second-order valence-electron chi connectivity index (χ2n) is 13.1. The number of rotatable bonds is 11. The summed E-state index contributed by atoms with van der Waals surface area (Å²) in [5.74, 6) is 1.28. The van der Waals surface area contributed by atoms with Crippen LogP contribution in [0.25, 0.3) is 10.6 Å². The summed E-state index contributed by atoms with van der Waals surface area (Å²) in [5, 5.41) is 21.5. The highest BCUT2D eigenvalue weighted by molar-refractivity contribution is 7.15. The minimum absolute atomic E-state index is 0.0875. The molecule has 1 amide bonds. The maximum absolute atomic E-state index is 13.7. The highest BCUT2D eigenvalue weighted by Gasteiger charge is 2.32. The van der Waals surface area contributed by atoms with E-state index in [0.717, 1.165) is 80.6 Å². The molecule has 51 heavy (non-hydrogen) atoms. The minimum Gasteiger partial charge on any atom is -0.362 e. The molecule has 0 spiro atoms. The number of allylic oxidation sites excluding steroid dienone is 4. The molecule has 0 radical (unpaired) electrons. The summed E-state index contributed by atoms with van der Waals surface area (Å²) in [5.41, 5.74) is 8.16. The Labute approximate surface area is 308 Å². The maximum Gasteiger partial charge on any atom is 0.271 e. The molecule has 10 nitrogen and oxygen atoms in total. The highest BCUT2D eigenvalue weighted by Crippen LogP contribution is 2.39. The number of piperidine rings is 1. The van der Waals surface area contributed by atoms with Gasteiger partial charge in [0, 0.05) is 50.1 Å². The number of aliphatic imine (C=N–C) groups is 1. The molecular formula is C39H45ClN8O2S. The fourth-order valence-corrected chi connectivity index (χ4v) is 8.29. The van der Waals surface area contributed by atoms with Crippen LogP contribution in [0, 0.1) is 20.8 Å². The van der Waals surface area contributed by atoms with E-state index in [0.29, 0.717) is 36.7 Å². The predicted molar refractivity (Wildman–Crippen MR) is 206 cm³/mol. The molecule has 1 fully saturated rings. The zero-order chi connectivity index (χ0) is 36.4. The number of aryl methyl sites for hydroxylation is 2. The van der Waals surface area contributed by atoms with Gasteiger partial charge >= 0.3 is 0 Å². The molecule has 4 aromatic rings. The Hall–Kier alpha value is -4.61. The fourth-order valence-electron chi connectivity index (χ4n) is 6.95. The van der Waals surface area contributed by atoms with Gasteiger partial charge in [-0.05, 0) is 82.6 Å². The number of hydrogen-bond acceptors (Lipinski definition) is 8. The van der Waals surface area contributed by atoms with Gasteiger partial charge < -0.3 is 10.6 Å². The summed E-state index contributed by atoms with van der Waals surface area (Å²) >= 11 is 7.93. The molecule has 3 aromatic heterocycles. The summed E-state index contributed by atoms with van der Waals surface area (Å²) in [6.07, 6.45) is 8.39. The van der Waals surface area contributed by atoms with Gasteiger partial charge in [0.05, 0.1) is 24.4 Å². The molecule has 1 saturated heterocycles. The SMILES string of the molecule is C=C1CCC(n2ncc(/C(=C\CC)CCCNC(=O)CC3N=C(c4ccc(Cl)cc4)c4c(sc(C)c4C)-n4c(C)nnc43)c(CC)c2=O)C(=C)N1. The Morgan fingerprint density at radius 3 is 2.63 bits per heavy atom. The predicted octanol–water partition coefficient (Wildman–Crippen LogP) is 7.65. The van der Waals surface area contributed by atoms with Crippen LogP contribution in [0.5, 0.6) is 0 Å². The smallest absolute Gasteiger partial charge is 0.271 e.